The van der Waals surface area contributed by atoms with Crippen LogP contribution in [0.5, 0.6) is 17.5 Å². The van der Waals surface area contributed by atoms with Crippen LogP contribution in [0.25, 0.3) is 0 Å². The van der Waals surface area contributed by atoms with Gasteiger partial charge in [-0.05, 0) is 51.8 Å². The van der Waals surface area contributed by atoms with Gasteiger partial charge in [0.1, 0.15) is 24.1 Å². The van der Waals surface area contributed by atoms with E-state index in [0.29, 0.717) is 31.5 Å². The van der Waals surface area contributed by atoms with Gasteiger partial charge in [0.25, 0.3) is 0 Å². The molecule has 1 aromatic carbocycles. The fourth-order valence-electron chi connectivity index (χ4n) is 4.04. The second-order valence-electron chi connectivity index (χ2n) is 11.1. The highest BCUT2D eigenvalue weighted by atomic mass is 32.2. The van der Waals surface area contributed by atoms with E-state index >= 15 is 0 Å². The van der Waals surface area contributed by atoms with E-state index in [2.05, 4.69) is 15.3 Å². The average molecular weight is 581 g/mol. The highest BCUT2D eigenvalue weighted by Crippen LogP contribution is 2.31. The molecule has 1 aromatic heterocycles. The van der Waals surface area contributed by atoms with Crippen molar-refractivity contribution in [3.8, 4) is 17.5 Å². The molecule has 1 aliphatic rings. The third-order valence-electron chi connectivity index (χ3n) is 6.17. The first kappa shape index (κ1) is 31.1. The Bertz CT molecular complexity index is 1340. The highest BCUT2D eigenvalue weighted by Gasteiger charge is 2.33. The number of carbonyl (C=O) groups is 2. The van der Waals surface area contributed by atoms with Crippen molar-refractivity contribution in [3.63, 3.8) is 0 Å². The van der Waals surface area contributed by atoms with E-state index in [4.69, 9.17) is 14.2 Å². The molecule has 1 N–H and O–H groups in total. The summed E-state index contributed by atoms with van der Waals surface area (Å²) < 4.78 is 54.8. The van der Waals surface area contributed by atoms with Gasteiger partial charge in [0.15, 0.2) is 21.4 Å². The number of aromatic nitrogens is 2. The molecule has 13 heteroatoms. The van der Waals surface area contributed by atoms with E-state index in [1.165, 1.54) is 18.5 Å². The van der Waals surface area contributed by atoms with Gasteiger partial charge in [-0.15, -0.1) is 0 Å². The second-order valence-corrected chi connectivity index (χ2v) is 13.1. The summed E-state index contributed by atoms with van der Waals surface area (Å²) in [6, 6.07) is 2.65. The Balaban J connectivity index is 1.62. The molecule has 1 saturated heterocycles. The van der Waals surface area contributed by atoms with Crippen molar-refractivity contribution in [2.24, 2.45) is 5.92 Å². The number of hydrogen-bond acceptors (Lipinski definition) is 9. The number of ether oxygens (including phenoxy) is 3. The number of amides is 2. The standard InChI is InChI=1S/C27H37FN4O7S/c1-16(2)22(31-26(34)39-27(4,5)6)25(33)32-12-10-18(11-13-32)37-23-17(3)24(30-15-29-23)38-21-9-8-19(14-20(21)28)40(7,35)36/h8-9,14-16,18,22H,10-13H2,1-7H3,(H,31,34). The zero-order valence-electron chi connectivity index (χ0n) is 23.9. The quantitative estimate of drug-likeness (QED) is 0.490. The zero-order chi connectivity index (χ0) is 29.8. The summed E-state index contributed by atoms with van der Waals surface area (Å²) in [6.07, 6.45) is 2.40. The van der Waals surface area contributed by atoms with Gasteiger partial charge >= 0.3 is 6.09 Å². The van der Waals surface area contributed by atoms with E-state index in [1.807, 2.05) is 13.8 Å². The molecule has 2 aromatic rings. The van der Waals surface area contributed by atoms with Crippen molar-refractivity contribution in [1.82, 2.24) is 20.2 Å². The smallest absolute Gasteiger partial charge is 0.408 e. The summed E-state index contributed by atoms with van der Waals surface area (Å²) in [6.45, 7) is 11.5. The largest absolute Gasteiger partial charge is 0.474 e. The fourth-order valence-corrected chi connectivity index (χ4v) is 4.67. The summed E-state index contributed by atoms with van der Waals surface area (Å²) in [5.41, 5.74) is -0.236. The van der Waals surface area contributed by atoms with Crippen LogP contribution in [0.3, 0.4) is 0 Å². The maximum atomic E-state index is 14.5. The van der Waals surface area contributed by atoms with Crippen molar-refractivity contribution < 1.29 is 36.6 Å². The monoisotopic (exact) mass is 580 g/mol. The number of sulfone groups is 1. The lowest BCUT2D eigenvalue weighted by atomic mass is 10.0. The summed E-state index contributed by atoms with van der Waals surface area (Å²) in [7, 11) is -3.57. The first-order valence-corrected chi connectivity index (χ1v) is 14.9. The molecule has 0 saturated carbocycles. The number of nitrogens with one attached hydrogen (secondary N) is 1. The molecule has 2 heterocycles. The number of halogens is 1. The third-order valence-corrected chi connectivity index (χ3v) is 7.28. The highest BCUT2D eigenvalue weighted by molar-refractivity contribution is 7.90. The Morgan fingerprint density at radius 2 is 1.75 bits per heavy atom. The molecule has 0 radical (unpaired) electrons. The lowest BCUT2D eigenvalue weighted by Gasteiger charge is -2.35. The summed E-state index contributed by atoms with van der Waals surface area (Å²) in [5.74, 6) is -1.03. The fraction of sp³-hybridized carbons (Fsp3) is 0.556. The predicted molar refractivity (Wildman–Crippen MR) is 145 cm³/mol. The summed E-state index contributed by atoms with van der Waals surface area (Å²) in [5, 5.41) is 2.70. The molecule has 1 atom stereocenters. The molecule has 1 fully saturated rings. The molecule has 40 heavy (non-hydrogen) atoms. The van der Waals surface area contributed by atoms with E-state index < -0.39 is 33.4 Å². The molecule has 1 aliphatic heterocycles. The van der Waals surface area contributed by atoms with E-state index in [0.717, 1.165) is 12.3 Å². The Labute approximate surface area is 234 Å². The van der Waals surface area contributed by atoms with Gasteiger partial charge < -0.3 is 24.4 Å². The molecule has 0 aliphatic carbocycles. The van der Waals surface area contributed by atoms with Crippen molar-refractivity contribution in [2.75, 3.05) is 19.3 Å². The van der Waals surface area contributed by atoms with Gasteiger partial charge in [-0.1, -0.05) is 13.8 Å². The molecule has 2 amide bonds. The van der Waals surface area contributed by atoms with E-state index in [1.54, 1.807) is 32.6 Å². The number of nitrogens with zero attached hydrogens (tertiary/aromatic N) is 3. The minimum Gasteiger partial charge on any atom is -0.474 e. The first-order valence-electron chi connectivity index (χ1n) is 13.0. The Morgan fingerprint density at radius 3 is 2.30 bits per heavy atom. The molecule has 11 nitrogen and oxygen atoms in total. The lowest BCUT2D eigenvalue weighted by Crippen LogP contribution is -2.54. The SMILES string of the molecule is Cc1c(Oc2ccc(S(C)(=O)=O)cc2F)ncnc1OC1CCN(C(=O)C(NC(=O)OC(C)(C)C)C(C)C)CC1. The van der Waals surface area contributed by atoms with Crippen LogP contribution in [0.2, 0.25) is 0 Å². The number of likely N-dealkylation sites (tertiary alicyclic amines) is 1. The zero-order valence-corrected chi connectivity index (χ0v) is 24.7. The van der Waals surface area contributed by atoms with Crippen molar-refractivity contribution >= 4 is 21.8 Å². The Kier molecular flexibility index (Phi) is 9.60. The summed E-state index contributed by atoms with van der Waals surface area (Å²) >= 11 is 0. The van der Waals surface area contributed by atoms with Gasteiger partial charge in [0.05, 0.1) is 10.5 Å². The van der Waals surface area contributed by atoms with Crippen molar-refractivity contribution in [3.05, 3.63) is 35.9 Å². The minimum atomic E-state index is -3.57. The van der Waals surface area contributed by atoms with Crippen LogP contribution in [0, 0.1) is 18.7 Å². The van der Waals surface area contributed by atoms with Gasteiger partial charge in [0, 0.05) is 32.2 Å². The van der Waals surface area contributed by atoms with Crippen LogP contribution in [-0.2, 0) is 19.4 Å². The van der Waals surface area contributed by atoms with Gasteiger partial charge in [0.2, 0.25) is 17.7 Å². The van der Waals surface area contributed by atoms with E-state index in [-0.39, 0.29) is 40.3 Å². The number of alkyl carbamates (subject to hydrolysis) is 1. The molecular weight excluding hydrogens is 543 g/mol. The van der Waals surface area contributed by atoms with Crippen LogP contribution in [-0.4, -0.2) is 72.4 Å². The number of piperidine rings is 1. The minimum absolute atomic E-state index is 0.0663. The molecule has 0 spiro atoms. The van der Waals surface area contributed by atoms with Crippen LogP contribution >= 0.6 is 0 Å². The second kappa shape index (κ2) is 12.4. The topological polar surface area (TPSA) is 137 Å². The van der Waals surface area contributed by atoms with Crippen molar-refractivity contribution in [1.29, 1.82) is 0 Å². The number of rotatable bonds is 8. The number of hydrogen-bond donors (Lipinski definition) is 1. The molecular formula is C27H37FN4O7S. The first-order chi connectivity index (χ1) is 18.5. The Morgan fingerprint density at radius 1 is 1.12 bits per heavy atom. The maximum Gasteiger partial charge on any atom is 0.408 e. The lowest BCUT2D eigenvalue weighted by molar-refractivity contribution is -0.136. The molecule has 220 valence electrons. The Hall–Kier alpha value is -3.48. The summed E-state index contributed by atoms with van der Waals surface area (Å²) in [4.78, 5) is 35.3. The number of carbonyl (C=O) groups excluding carboxylic acids is 2. The molecule has 0 bridgehead atoms. The van der Waals surface area contributed by atoms with Gasteiger partial charge in [-0.3, -0.25) is 4.79 Å². The molecule has 3 rings (SSSR count). The van der Waals surface area contributed by atoms with Gasteiger partial charge in [-0.25, -0.2) is 27.6 Å². The van der Waals surface area contributed by atoms with Crippen LogP contribution in [0.15, 0.2) is 29.4 Å². The van der Waals surface area contributed by atoms with E-state index in [9.17, 15) is 22.4 Å². The van der Waals surface area contributed by atoms with Gasteiger partial charge in [-0.2, -0.15) is 0 Å². The van der Waals surface area contributed by atoms with Crippen LogP contribution in [0.4, 0.5) is 9.18 Å². The van der Waals surface area contributed by atoms with Crippen LogP contribution in [0.1, 0.15) is 53.0 Å². The van der Waals surface area contributed by atoms with Crippen molar-refractivity contribution in [2.45, 2.75) is 77.0 Å². The normalized spacial score (nSPS) is 15.5. The van der Waals surface area contributed by atoms with Crippen LogP contribution < -0.4 is 14.8 Å². The maximum absolute atomic E-state index is 14.5. The average Bonchev–Trinajstić information content (AvgIpc) is 2.84. The predicted octanol–water partition coefficient (Wildman–Crippen LogP) is 4.04. The molecule has 1 unspecified atom stereocenters. The third kappa shape index (κ3) is 8.26. The number of benzene rings is 1.